The zero-order chi connectivity index (χ0) is 12.3. The molecule has 0 saturated heterocycles. The van der Waals surface area contributed by atoms with Crippen LogP contribution in [0.5, 0.6) is 0 Å². The van der Waals surface area contributed by atoms with Crippen LogP contribution in [-0.2, 0) is 0 Å². The summed E-state index contributed by atoms with van der Waals surface area (Å²) in [6.45, 7) is 4.40. The number of fused-ring (bicyclic) bond motifs is 5. The molecule has 0 spiro atoms. The van der Waals surface area contributed by atoms with Crippen LogP contribution in [0.15, 0.2) is 29.6 Å². The standard InChI is InChI=1S/C15H11NS2/c1-8-13-14-11(7-17-15(13)9(2)18-8)10-5-3-4-6-12(10)16-14/h3-7H,1-2H3. The fourth-order valence-electron chi connectivity index (χ4n) is 2.61. The first-order chi connectivity index (χ1) is 8.75. The number of aryl methyl sites for hydroxylation is 2. The lowest BCUT2D eigenvalue weighted by Crippen LogP contribution is -1.78. The molecule has 0 amide bonds. The molecule has 4 rings (SSSR count). The first kappa shape index (κ1) is 10.5. The number of hydrogen-bond acceptors (Lipinski definition) is 3. The summed E-state index contributed by atoms with van der Waals surface area (Å²) < 4.78 is 1.40. The Bertz CT molecular complexity index is 854. The van der Waals surface area contributed by atoms with Crippen molar-refractivity contribution in [2.45, 2.75) is 13.8 Å². The zero-order valence-electron chi connectivity index (χ0n) is 10.2. The molecule has 2 aromatic rings. The van der Waals surface area contributed by atoms with Crippen molar-refractivity contribution < 1.29 is 0 Å². The third-order valence-corrected chi connectivity index (χ3v) is 5.67. The van der Waals surface area contributed by atoms with Crippen molar-refractivity contribution in [1.29, 1.82) is 0 Å². The summed E-state index contributed by atoms with van der Waals surface area (Å²) in [6.07, 6.45) is 0. The number of para-hydroxylation sites is 1. The fraction of sp³-hybridized carbons (Fsp3) is 0.133. The molecule has 1 aromatic heterocycles. The molecule has 0 bridgehead atoms. The van der Waals surface area contributed by atoms with E-state index in [0.29, 0.717) is 0 Å². The molecule has 3 heteroatoms. The Morgan fingerprint density at radius 1 is 1.06 bits per heavy atom. The SMILES string of the molecule is Cc1sc(C)c2c3nc4ccccc4c-3csc12. The molecule has 1 nitrogen and oxygen atoms in total. The van der Waals surface area contributed by atoms with E-state index in [1.54, 1.807) is 0 Å². The van der Waals surface area contributed by atoms with Gasteiger partial charge in [0.1, 0.15) is 0 Å². The molecule has 0 fully saturated rings. The summed E-state index contributed by atoms with van der Waals surface area (Å²) >= 11 is 3.72. The summed E-state index contributed by atoms with van der Waals surface area (Å²) in [4.78, 5) is 7.62. The molecular weight excluding hydrogens is 258 g/mol. The largest absolute Gasteiger partial charge is 0.247 e. The molecule has 0 radical (unpaired) electrons. The minimum Gasteiger partial charge on any atom is -0.247 e. The molecule has 0 unspecified atom stereocenters. The summed E-state index contributed by atoms with van der Waals surface area (Å²) in [5, 5.41) is 4.89. The fourth-order valence-corrected chi connectivity index (χ4v) is 4.91. The molecule has 0 saturated carbocycles. The second-order valence-electron chi connectivity index (χ2n) is 4.55. The third kappa shape index (κ3) is 1.23. The van der Waals surface area contributed by atoms with Crippen LogP contribution in [0.3, 0.4) is 0 Å². The van der Waals surface area contributed by atoms with Gasteiger partial charge in [-0.1, -0.05) is 18.2 Å². The minimum absolute atomic E-state index is 1.11. The maximum atomic E-state index is 4.83. The monoisotopic (exact) mass is 269 g/mol. The van der Waals surface area contributed by atoms with Gasteiger partial charge in [0.2, 0.25) is 0 Å². The van der Waals surface area contributed by atoms with Gasteiger partial charge in [-0.2, -0.15) is 0 Å². The van der Waals surface area contributed by atoms with E-state index in [2.05, 4.69) is 43.5 Å². The van der Waals surface area contributed by atoms with E-state index in [0.717, 1.165) is 5.52 Å². The van der Waals surface area contributed by atoms with Gasteiger partial charge in [0, 0.05) is 31.5 Å². The van der Waals surface area contributed by atoms with Crippen molar-refractivity contribution in [3.05, 3.63) is 39.4 Å². The average Bonchev–Trinajstić information content (AvgIpc) is 2.88. The Kier molecular flexibility index (Phi) is 2.05. The van der Waals surface area contributed by atoms with Gasteiger partial charge in [0.05, 0.1) is 15.9 Å². The Morgan fingerprint density at radius 2 is 1.89 bits per heavy atom. The van der Waals surface area contributed by atoms with Crippen molar-refractivity contribution in [2.75, 3.05) is 0 Å². The number of benzene rings is 1. The number of hydrogen-bond donors (Lipinski definition) is 0. The molecule has 0 atom stereocenters. The van der Waals surface area contributed by atoms with E-state index in [1.807, 2.05) is 22.7 Å². The second-order valence-corrected chi connectivity index (χ2v) is 6.85. The molecule has 2 aliphatic heterocycles. The summed E-state index contributed by atoms with van der Waals surface area (Å²) in [6, 6.07) is 8.41. The van der Waals surface area contributed by atoms with Crippen molar-refractivity contribution >= 4 is 43.7 Å². The maximum Gasteiger partial charge on any atom is 0.0822 e. The summed E-state index contributed by atoms with van der Waals surface area (Å²) in [7, 11) is 0. The van der Waals surface area contributed by atoms with Crippen LogP contribution in [0.25, 0.3) is 32.2 Å². The molecular formula is C15H11NS2. The lowest BCUT2D eigenvalue weighted by atomic mass is 10.1. The van der Waals surface area contributed by atoms with E-state index in [1.165, 1.54) is 36.5 Å². The van der Waals surface area contributed by atoms with Gasteiger partial charge in [-0.3, -0.25) is 0 Å². The van der Waals surface area contributed by atoms with Gasteiger partial charge < -0.3 is 0 Å². The van der Waals surface area contributed by atoms with Gasteiger partial charge >= 0.3 is 0 Å². The number of thiophene rings is 1. The van der Waals surface area contributed by atoms with E-state index >= 15 is 0 Å². The molecule has 0 aliphatic carbocycles. The van der Waals surface area contributed by atoms with Crippen LogP contribution < -0.4 is 0 Å². The zero-order valence-corrected chi connectivity index (χ0v) is 11.8. The molecule has 1 aromatic carbocycles. The number of aromatic nitrogens is 1. The van der Waals surface area contributed by atoms with E-state index in [-0.39, 0.29) is 0 Å². The molecule has 2 aliphatic rings. The Hall–Kier alpha value is -1.45. The van der Waals surface area contributed by atoms with E-state index in [9.17, 15) is 0 Å². The quantitative estimate of drug-likeness (QED) is 0.426. The first-order valence-corrected chi connectivity index (χ1v) is 7.61. The highest BCUT2D eigenvalue weighted by Crippen LogP contribution is 2.43. The lowest BCUT2D eigenvalue weighted by Gasteiger charge is -2.00. The predicted octanol–water partition coefficient (Wildman–Crippen LogP) is 5.23. The first-order valence-electron chi connectivity index (χ1n) is 5.91. The van der Waals surface area contributed by atoms with Gasteiger partial charge in [-0.05, 0) is 19.9 Å². The van der Waals surface area contributed by atoms with Crippen LogP contribution >= 0.6 is 22.7 Å². The van der Waals surface area contributed by atoms with Crippen molar-refractivity contribution in [1.82, 2.24) is 4.98 Å². The van der Waals surface area contributed by atoms with Crippen LogP contribution in [0.1, 0.15) is 9.75 Å². The third-order valence-electron chi connectivity index (χ3n) is 3.42. The van der Waals surface area contributed by atoms with Gasteiger partial charge in [0.25, 0.3) is 0 Å². The number of rotatable bonds is 0. The molecule has 18 heavy (non-hydrogen) atoms. The summed E-state index contributed by atoms with van der Waals surface area (Å²) in [5.74, 6) is 0. The normalized spacial score (nSPS) is 11.9. The van der Waals surface area contributed by atoms with Crippen molar-refractivity contribution in [3.63, 3.8) is 0 Å². The highest BCUT2D eigenvalue weighted by Gasteiger charge is 2.18. The Labute approximate surface area is 113 Å². The van der Waals surface area contributed by atoms with E-state index < -0.39 is 0 Å². The summed E-state index contributed by atoms with van der Waals surface area (Å²) in [5.41, 5.74) is 3.58. The smallest absolute Gasteiger partial charge is 0.0822 e. The van der Waals surface area contributed by atoms with Gasteiger partial charge in [-0.15, -0.1) is 22.7 Å². The Balaban J connectivity index is 2.29. The minimum atomic E-state index is 1.11. The van der Waals surface area contributed by atoms with E-state index in [4.69, 9.17) is 4.98 Å². The topological polar surface area (TPSA) is 12.9 Å². The van der Waals surface area contributed by atoms with Gasteiger partial charge in [-0.25, -0.2) is 4.98 Å². The average molecular weight is 269 g/mol. The predicted molar refractivity (Wildman–Crippen MR) is 81.1 cm³/mol. The van der Waals surface area contributed by atoms with Crippen molar-refractivity contribution in [3.8, 4) is 11.3 Å². The van der Waals surface area contributed by atoms with Crippen LogP contribution in [0.4, 0.5) is 0 Å². The number of nitrogens with zero attached hydrogens (tertiary/aromatic N) is 1. The maximum absolute atomic E-state index is 4.83. The highest BCUT2D eigenvalue weighted by atomic mass is 32.1. The second kappa shape index (κ2) is 3.53. The lowest BCUT2D eigenvalue weighted by molar-refractivity contribution is 1.49. The van der Waals surface area contributed by atoms with Crippen LogP contribution in [0.2, 0.25) is 0 Å². The van der Waals surface area contributed by atoms with Gasteiger partial charge in [0.15, 0.2) is 0 Å². The highest BCUT2D eigenvalue weighted by molar-refractivity contribution is 7.23. The van der Waals surface area contributed by atoms with Crippen molar-refractivity contribution in [2.24, 2.45) is 0 Å². The molecule has 0 N–H and O–H groups in total. The Morgan fingerprint density at radius 3 is 2.78 bits per heavy atom. The van der Waals surface area contributed by atoms with Crippen LogP contribution in [0, 0.1) is 13.8 Å². The molecule has 88 valence electrons. The van der Waals surface area contributed by atoms with Crippen LogP contribution in [-0.4, -0.2) is 4.98 Å². The molecule has 3 heterocycles.